The Morgan fingerprint density at radius 3 is 2.75 bits per heavy atom. The highest BCUT2D eigenvalue weighted by Gasteiger charge is 2.20. The summed E-state index contributed by atoms with van der Waals surface area (Å²) in [6.07, 6.45) is 3.92. The van der Waals surface area contributed by atoms with E-state index >= 15 is 0 Å². The van der Waals surface area contributed by atoms with Gasteiger partial charge in [0.25, 0.3) is 0 Å². The zero-order valence-electron chi connectivity index (χ0n) is 10.7. The molecule has 2 heterocycles. The van der Waals surface area contributed by atoms with Gasteiger partial charge in [0, 0.05) is 27.9 Å². The lowest BCUT2D eigenvalue weighted by Crippen LogP contribution is -2.08. The third-order valence-electron chi connectivity index (χ3n) is 4.05. The van der Waals surface area contributed by atoms with Crippen LogP contribution in [0.25, 0.3) is 28.0 Å². The number of fused-ring (bicyclic) bond motifs is 7. The topological polar surface area (TPSA) is 24.7 Å². The van der Waals surface area contributed by atoms with E-state index in [1.165, 1.54) is 27.1 Å². The van der Waals surface area contributed by atoms with Crippen LogP contribution in [-0.2, 0) is 0 Å². The van der Waals surface area contributed by atoms with Gasteiger partial charge in [-0.1, -0.05) is 42.5 Å². The maximum atomic E-state index is 4.83. The summed E-state index contributed by atoms with van der Waals surface area (Å²) in [6, 6.07) is 16.9. The first-order chi connectivity index (χ1) is 9.92. The SMILES string of the molecule is C1=Nc2c3c(ccc2=C1)=Nc1c-3ccc2ccccc12. The smallest absolute Gasteiger partial charge is 0.0803 e. The van der Waals surface area contributed by atoms with Crippen LogP contribution in [0, 0.1) is 0 Å². The number of nitrogens with zero attached hydrogens (tertiary/aromatic N) is 2. The number of benzene rings is 3. The predicted molar refractivity (Wildman–Crippen MR) is 82.4 cm³/mol. The van der Waals surface area contributed by atoms with Crippen molar-refractivity contribution in [2.75, 3.05) is 0 Å². The quantitative estimate of drug-likeness (QED) is 0.460. The summed E-state index contributed by atoms with van der Waals surface area (Å²) in [5.41, 5.74) is 4.50. The van der Waals surface area contributed by atoms with Crippen molar-refractivity contribution in [2.24, 2.45) is 9.98 Å². The molecule has 2 aliphatic heterocycles. The van der Waals surface area contributed by atoms with Crippen molar-refractivity contribution < 1.29 is 0 Å². The molecule has 0 aliphatic carbocycles. The zero-order chi connectivity index (χ0) is 13.1. The predicted octanol–water partition coefficient (Wildman–Crippen LogP) is 3.27. The van der Waals surface area contributed by atoms with Gasteiger partial charge in [-0.3, -0.25) is 4.99 Å². The van der Waals surface area contributed by atoms with E-state index in [9.17, 15) is 0 Å². The van der Waals surface area contributed by atoms with Crippen molar-refractivity contribution in [1.29, 1.82) is 0 Å². The molecule has 2 heteroatoms. The van der Waals surface area contributed by atoms with Crippen LogP contribution in [-0.4, -0.2) is 6.21 Å². The summed E-state index contributed by atoms with van der Waals surface area (Å²) < 4.78 is 0. The average molecular weight is 254 g/mol. The highest BCUT2D eigenvalue weighted by molar-refractivity contribution is 6.06. The van der Waals surface area contributed by atoms with Gasteiger partial charge in [-0.15, -0.1) is 0 Å². The minimum Gasteiger partial charge on any atom is -0.256 e. The zero-order valence-corrected chi connectivity index (χ0v) is 10.7. The van der Waals surface area contributed by atoms with Gasteiger partial charge in [-0.2, -0.15) is 0 Å². The van der Waals surface area contributed by atoms with Crippen molar-refractivity contribution in [3.63, 3.8) is 0 Å². The largest absolute Gasteiger partial charge is 0.256 e. The van der Waals surface area contributed by atoms with E-state index in [0.717, 1.165) is 16.7 Å². The lowest BCUT2D eigenvalue weighted by Gasteiger charge is -2.05. The summed E-state index contributed by atoms with van der Waals surface area (Å²) >= 11 is 0. The summed E-state index contributed by atoms with van der Waals surface area (Å²) in [7, 11) is 0. The van der Waals surface area contributed by atoms with Crippen molar-refractivity contribution >= 4 is 34.4 Å². The molecular weight excluding hydrogens is 244 g/mol. The molecule has 2 nitrogen and oxygen atoms in total. The molecule has 0 saturated carbocycles. The summed E-state index contributed by atoms with van der Waals surface area (Å²) in [4.78, 5) is 9.34. The maximum absolute atomic E-state index is 4.83. The molecule has 2 aliphatic rings. The lowest BCUT2D eigenvalue weighted by atomic mass is 9.99. The second-order valence-electron chi connectivity index (χ2n) is 5.14. The van der Waals surface area contributed by atoms with Crippen molar-refractivity contribution in [2.45, 2.75) is 0 Å². The van der Waals surface area contributed by atoms with Crippen LogP contribution in [0.1, 0.15) is 0 Å². The fourth-order valence-corrected chi connectivity index (χ4v) is 3.12. The molecule has 0 amide bonds. The van der Waals surface area contributed by atoms with E-state index in [2.05, 4.69) is 59.6 Å². The molecule has 92 valence electrons. The van der Waals surface area contributed by atoms with Gasteiger partial charge in [0.05, 0.1) is 16.7 Å². The normalized spacial score (nSPS) is 13.6. The first kappa shape index (κ1) is 10.1. The van der Waals surface area contributed by atoms with Crippen LogP contribution in [0.15, 0.2) is 58.5 Å². The lowest BCUT2D eigenvalue weighted by molar-refractivity contribution is 1.40. The summed E-state index contributed by atoms with van der Waals surface area (Å²) in [5, 5.41) is 4.65. The van der Waals surface area contributed by atoms with E-state index in [4.69, 9.17) is 4.99 Å². The Morgan fingerprint density at radius 2 is 1.75 bits per heavy atom. The third kappa shape index (κ3) is 1.14. The maximum Gasteiger partial charge on any atom is 0.0803 e. The molecule has 0 fully saturated rings. The van der Waals surface area contributed by atoms with Gasteiger partial charge in [0.2, 0.25) is 0 Å². The van der Waals surface area contributed by atoms with Crippen molar-refractivity contribution in [3.8, 4) is 11.1 Å². The van der Waals surface area contributed by atoms with E-state index in [-0.39, 0.29) is 0 Å². The number of rotatable bonds is 0. The summed E-state index contributed by atoms with van der Waals surface area (Å²) in [6.45, 7) is 0. The third-order valence-corrected chi connectivity index (χ3v) is 4.05. The second kappa shape index (κ2) is 3.42. The Labute approximate surface area is 115 Å². The Balaban J connectivity index is 1.99. The molecule has 0 N–H and O–H groups in total. The Kier molecular flexibility index (Phi) is 1.73. The molecule has 0 spiro atoms. The van der Waals surface area contributed by atoms with Gasteiger partial charge in [0.1, 0.15) is 0 Å². The molecule has 0 unspecified atom stereocenters. The molecule has 0 aromatic heterocycles. The molecule has 20 heavy (non-hydrogen) atoms. The van der Waals surface area contributed by atoms with Gasteiger partial charge >= 0.3 is 0 Å². The molecule has 5 rings (SSSR count). The van der Waals surface area contributed by atoms with Crippen LogP contribution in [0.4, 0.5) is 11.4 Å². The van der Waals surface area contributed by atoms with Gasteiger partial charge in [0.15, 0.2) is 0 Å². The Hall–Kier alpha value is -2.74. The van der Waals surface area contributed by atoms with Crippen LogP contribution in [0.5, 0.6) is 0 Å². The first-order valence-corrected chi connectivity index (χ1v) is 6.70. The minimum atomic E-state index is 1.03. The van der Waals surface area contributed by atoms with Crippen molar-refractivity contribution in [1.82, 2.24) is 0 Å². The number of hydrogen-bond acceptors (Lipinski definition) is 2. The van der Waals surface area contributed by atoms with Gasteiger partial charge < -0.3 is 0 Å². The second-order valence-corrected chi connectivity index (χ2v) is 5.14. The highest BCUT2D eigenvalue weighted by atomic mass is 14.8. The van der Waals surface area contributed by atoms with Crippen molar-refractivity contribution in [3.05, 3.63) is 59.1 Å². The van der Waals surface area contributed by atoms with E-state index < -0.39 is 0 Å². The number of aliphatic imine (C=N–C) groups is 1. The number of hydrogen-bond donors (Lipinski definition) is 0. The van der Waals surface area contributed by atoms with Crippen LogP contribution < -0.4 is 10.6 Å². The Bertz CT molecular complexity index is 1040. The van der Waals surface area contributed by atoms with Gasteiger partial charge in [-0.25, -0.2) is 4.99 Å². The van der Waals surface area contributed by atoms with Gasteiger partial charge in [-0.05, 0) is 17.5 Å². The van der Waals surface area contributed by atoms with Crippen LogP contribution in [0.2, 0.25) is 0 Å². The average Bonchev–Trinajstić information content (AvgIpc) is 3.10. The fourth-order valence-electron chi connectivity index (χ4n) is 3.12. The van der Waals surface area contributed by atoms with E-state index in [0.29, 0.717) is 0 Å². The molecule has 3 aromatic rings. The van der Waals surface area contributed by atoms with Crippen LogP contribution >= 0.6 is 0 Å². The molecule has 0 atom stereocenters. The van der Waals surface area contributed by atoms with E-state index in [1.54, 1.807) is 0 Å². The minimum absolute atomic E-state index is 1.03. The van der Waals surface area contributed by atoms with Crippen LogP contribution in [0.3, 0.4) is 0 Å². The molecule has 3 aromatic carbocycles. The monoisotopic (exact) mass is 254 g/mol. The summed E-state index contributed by atoms with van der Waals surface area (Å²) in [5.74, 6) is 0. The fraction of sp³-hybridized carbons (Fsp3) is 0. The molecule has 0 saturated heterocycles. The molecule has 0 bridgehead atoms. The van der Waals surface area contributed by atoms with E-state index in [1.807, 2.05) is 6.21 Å². The highest BCUT2D eigenvalue weighted by Crippen LogP contribution is 2.41. The molecular formula is C18H10N2. The first-order valence-electron chi connectivity index (χ1n) is 6.70. The molecule has 0 radical (unpaired) electrons. The Morgan fingerprint density at radius 1 is 0.800 bits per heavy atom. The standard InChI is InChI=1S/C18H10N2/c1-2-4-13-11(3-1)5-7-14-16-15(20-18(13)14)8-6-12-9-10-19-17(12)16/h1-10H.